The summed E-state index contributed by atoms with van der Waals surface area (Å²) >= 11 is 0. The highest BCUT2D eigenvalue weighted by Gasteiger charge is 2.14. The third-order valence-electron chi connectivity index (χ3n) is 3.29. The molecule has 0 aliphatic heterocycles. The molecule has 0 fully saturated rings. The summed E-state index contributed by atoms with van der Waals surface area (Å²) in [5.41, 5.74) is 1.42. The van der Waals surface area contributed by atoms with Crippen molar-refractivity contribution < 1.29 is 9.53 Å². The molecule has 0 atom stereocenters. The Hall–Kier alpha value is -3.38. The van der Waals surface area contributed by atoms with E-state index in [1.807, 2.05) is 18.2 Å². The molecule has 120 valence electrons. The van der Waals surface area contributed by atoms with Gasteiger partial charge >= 0.3 is 0 Å². The quantitative estimate of drug-likeness (QED) is 0.780. The predicted octanol–water partition coefficient (Wildman–Crippen LogP) is 2.27. The van der Waals surface area contributed by atoms with Crippen molar-refractivity contribution in [2.24, 2.45) is 0 Å². The Bertz CT molecular complexity index is 745. The maximum atomic E-state index is 12.4. The summed E-state index contributed by atoms with van der Waals surface area (Å²) in [6.45, 7) is 0.587. The fourth-order valence-corrected chi connectivity index (χ4v) is 2.05. The Morgan fingerprint density at radius 2 is 2.00 bits per heavy atom. The molecule has 2 rings (SSSR count). The standard InChI is InChI=1S/C18H16N4O2/c19-8-2-10-22(13-16-3-1-9-21-12-16)18(23)14-24-17-6-4-15(11-20)5-7-17/h1,3-7,9,12H,2,10,13-14H2. The Kier molecular flexibility index (Phi) is 6.31. The third kappa shape index (κ3) is 5.11. The van der Waals surface area contributed by atoms with Gasteiger partial charge in [0.15, 0.2) is 6.61 Å². The highest BCUT2D eigenvalue weighted by molar-refractivity contribution is 5.77. The Labute approximate surface area is 140 Å². The van der Waals surface area contributed by atoms with Gasteiger partial charge < -0.3 is 9.64 Å². The zero-order chi connectivity index (χ0) is 17.2. The van der Waals surface area contributed by atoms with Crippen LogP contribution in [0.25, 0.3) is 0 Å². The molecule has 0 spiro atoms. The number of rotatable bonds is 7. The Balaban J connectivity index is 1.96. The first-order valence-corrected chi connectivity index (χ1v) is 7.39. The summed E-state index contributed by atoms with van der Waals surface area (Å²) in [4.78, 5) is 18.0. The molecule has 2 aromatic rings. The lowest BCUT2D eigenvalue weighted by Crippen LogP contribution is -2.35. The van der Waals surface area contributed by atoms with Crippen LogP contribution in [0.5, 0.6) is 5.75 Å². The van der Waals surface area contributed by atoms with Crippen molar-refractivity contribution in [3.8, 4) is 17.9 Å². The number of pyridine rings is 1. The number of carbonyl (C=O) groups excluding carboxylic acids is 1. The van der Waals surface area contributed by atoms with Gasteiger partial charge in [0, 0.05) is 25.5 Å². The largest absolute Gasteiger partial charge is 0.484 e. The summed E-state index contributed by atoms with van der Waals surface area (Å²) in [5, 5.41) is 17.5. The van der Waals surface area contributed by atoms with Gasteiger partial charge in [0.05, 0.1) is 24.1 Å². The first kappa shape index (κ1) is 17.0. The molecule has 0 saturated carbocycles. The van der Waals surface area contributed by atoms with E-state index in [0.29, 0.717) is 24.4 Å². The molecular weight excluding hydrogens is 304 g/mol. The van der Waals surface area contributed by atoms with Crippen molar-refractivity contribution in [1.82, 2.24) is 9.88 Å². The van der Waals surface area contributed by atoms with Gasteiger partial charge in [-0.05, 0) is 35.9 Å². The zero-order valence-electron chi connectivity index (χ0n) is 13.1. The van der Waals surface area contributed by atoms with Crippen LogP contribution in [-0.2, 0) is 11.3 Å². The molecule has 1 heterocycles. The summed E-state index contributed by atoms with van der Waals surface area (Å²) in [5.74, 6) is 0.308. The number of amides is 1. The highest BCUT2D eigenvalue weighted by Crippen LogP contribution is 2.12. The highest BCUT2D eigenvalue weighted by atomic mass is 16.5. The average molecular weight is 320 g/mol. The fourth-order valence-electron chi connectivity index (χ4n) is 2.05. The smallest absolute Gasteiger partial charge is 0.260 e. The lowest BCUT2D eigenvalue weighted by Gasteiger charge is -2.21. The van der Waals surface area contributed by atoms with Crippen LogP contribution in [0.4, 0.5) is 0 Å². The lowest BCUT2D eigenvalue weighted by atomic mass is 10.2. The van der Waals surface area contributed by atoms with Crippen LogP contribution >= 0.6 is 0 Å². The summed E-state index contributed by atoms with van der Waals surface area (Å²) in [6, 6.07) is 14.3. The molecule has 1 amide bonds. The van der Waals surface area contributed by atoms with Crippen molar-refractivity contribution in [3.63, 3.8) is 0 Å². The summed E-state index contributed by atoms with van der Waals surface area (Å²) < 4.78 is 5.47. The number of hydrogen-bond donors (Lipinski definition) is 0. The van der Waals surface area contributed by atoms with Crippen LogP contribution in [0.3, 0.4) is 0 Å². The van der Waals surface area contributed by atoms with E-state index in [2.05, 4.69) is 4.98 Å². The van der Waals surface area contributed by atoms with E-state index in [1.54, 1.807) is 47.6 Å². The monoisotopic (exact) mass is 320 g/mol. The molecule has 24 heavy (non-hydrogen) atoms. The molecule has 1 aromatic heterocycles. The van der Waals surface area contributed by atoms with E-state index >= 15 is 0 Å². The van der Waals surface area contributed by atoms with Crippen LogP contribution in [0.1, 0.15) is 17.5 Å². The zero-order valence-corrected chi connectivity index (χ0v) is 13.1. The Morgan fingerprint density at radius 1 is 1.21 bits per heavy atom. The molecule has 1 aromatic carbocycles. The third-order valence-corrected chi connectivity index (χ3v) is 3.29. The van der Waals surface area contributed by atoms with Gasteiger partial charge in [-0.3, -0.25) is 9.78 Å². The SMILES string of the molecule is N#CCCN(Cc1cccnc1)C(=O)COc1ccc(C#N)cc1. The first-order valence-electron chi connectivity index (χ1n) is 7.39. The molecule has 0 N–H and O–H groups in total. The minimum atomic E-state index is -0.210. The Morgan fingerprint density at radius 3 is 2.62 bits per heavy atom. The molecule has 6 heteroatoms. The summed E-state index contributed by atoms with van der Waals surface area (Å²) in [6.07, 6.45) is 3.61. The molecule has 0 aliphatic rings. The fraction of sp³-hybridized carbons (Fsp3) is 0.222. The van der Waals surface area contributed by atoms with Gasteiger partial charge in [0.2, 0.25) is 0 Å². The van der Waals surface area contributed by atoms with Crippen LogP contribution in [0.2, 0.25) is 0 Å². The van der Waals surface area contributed by atoms with Crippen LogP contribution < -0.4 is 4.74 Å². The van der Waals surface area contributed by atoms with Crippen molar-refractivity contribution in [1.29, 1.82) is 10.5 Å². The summed E-state index contributed by atoms with van der Waals surface area (Å²) in [7, 11) is 0. The van der Waals surface area contributed by atoms with Crippen molar-refractivity contribution in [3.05, 3.63) is 59.9 Å². The number of carbonyl (C=O) groups is 1. The van der Waals surface area contributed by atoms with Crippen molar-refractivity contribution in [2.45, 2.75) is 13.0 Å². The number of nitrogens with zero attached hydrogens (tertiary/aromatic N) is 4. The van der Waals surface area contributed by atoms with E-state index in [4.69, 9.17) is 15.3 Å². The second-order valence-electron chi connectivity index (χ2n) is 5.01. The molecule has 0 saturated heterocycles. The average Bonchev–Trinajstić information content (AvgIpc) is 2.64. The first-order chi connectivity index (χ1) is 11.7. The van der Waals surface area contributed by atoms with E-state index in [9.17, 15) is 4.79 Å². The van der Waals surface area contributed by atoms with E-state index in [-0.39, 0.29) is 18.9 Å². The van der Waals surface area contributed by atoms with Crippen LogP contribution in [0, 0.1) is 22.7 Å². The van der Waals surface area contributed by atoms with Gasteiger partial charge in [-0.1, -0.05) is 6.07 Å². The van der Waals surface area contributed by atoms with Gasteiger partial charge in [0.25, 0.3) is 5.91 Å². The minimum absolute atomic E-state index is 0.127. The van der Waals surface area contributed by atoms with Gasteiger partial charge in [-0.15, -0.1) is 0 Å². The van der Waals surface area contributed by atoms with Crippen molar-refractivity contribution >= 4 is 5.91 Å². The molecular formula is C18H16N4O2. The molecule has 6 nitrogen and oxygen atoms in total. The van der Waals surface area contributed by atoms with E-state index in [0.717, 1.165) is 5.56 Å². The van der Waals surface area contributed by atoms with E-state index in [1.165, 1.54) is 0 Å². The number of ether oxygens (including phenoxy) is 1. The predicted molar refractivity (Wildman–Crippen MR) is 86.5 cm³/mol. The lowest BCUT2D eigenvalue weighted by molar-refractivity contribution is -0.133. The molecule has 0 bridgehead atoms. The van der Waals surface area contributed by atoms with Gasteiger partial charge in [-0.2, -0.15) is 10.5 Å². The van der Waals surface area contributed by atoms with Gasteiger partial charge in [-0.25, -0.2) is 0 Å². The number of aromatic nitrogens is 1. The van der Waals surface area contributed by atoms with Crippen molar-refractivity contribution in [2.75, 3.05) is 13.2 Å². The molecule has 0 unspecified atom stereocenters. The number of nitriles is 2. The topological polar surface area (TPSA) is 90.0 Å². The normalized spacial score (nSPS) is 9.58. The second kappa shape index (κ2) is 8.92. The van der Waals surface area contributed by atoms with Crippen LogP contribution in [-0.4, -0.2) is 28.9 Å². The molecule has 0 radical (unpaired) electrons. The number of benzene rings is 1. The number of hydrogen-bond acceptors (Lipinski definition) is 5. The van der Waals surface area contributed by atoms with Gasteiger partial charge in [0.1, 0.15) is 5.75 Å². The molecule has 0 aliphatic carbocycles. The van der Waals surface area contributed by atoms with E-state index < -0.39 is 0 Å². The maximum Gasteiger partial charge on any atom is 0.260 e. The maximum absolute atomic E-state index is 12.4. The van der Waals surface area contributed by atoms with Crippen LogP contribution in [0.15, 0.2) is 48.8 Å². The second-order valence-corrected chi connectivity index (χ2v) is 5.01. The minimum Gasteiger partial charge on any atom is -0.484 e.